The summed E-state index contributed by atoms with van der Waals surface area (Å²) in [5, 5.41) is 4.42. The molecule has 0 aromatic heterocycles. The standard InChI is InChI=1S/C19H21ClN2O3/c1-14-6-3-4-7-18(14)24-10-5-11-25-19-9-8-17(20)12-16(19)13-21-22-15(2)23/h3-4,6-9,12-13H,5,10-11H2,1-2H3,(H,22,23)/b21-13+. The fourth-order valence-corrected chi connectivity index (χ4v) is 2.27. The summed E-state index contributed by atoms with van der Waals surface area (Å²) in [6.07, 6.45) is 2.24. The molecule has 0 fully saturated rings. The van der Waals surface area contributed by atoms with Crippen LogP contribution in [0.4, 0.5) is 0 Å². The van der Waals surface area contributed by atoms with Crippen LogP contribution in [-0.2, 0) is 4.79 Å². The Morgan fingerprint density at radius 2 is 1.88 bits per heavy atom. The molecule has 0 radical (unpaired) electrons. The number of amides is 1. The van der Waals surface area contributed by atoms with E-state index >= 15 is 0 Å². The van der Waals surface area contributed by atoms with Gasteiger partial charge in [-0.25, -0.2) is 5.43 Å². The minimum absolute atomic E-state index is 0.242. The zero-order chi connectivity index (χ0) is 18.1. The summed E-state index contributed by atoms with van der Waals surface area (Å²) in [5.41, 5.74) is 4.16. The van der Waals surface area contributed by atoms with Crippen LogP contribution in [0.25, 0.3) is 0 Å². The third-order valence-electron chi connectivity index (χ3n) is 3.29. The lowest BCUT2D eigenvalue weighted by molar-refractivity contribution is -0.118. The molecule has 0 atom stereocenters. The molecule has 2 aromatic carbocycles. The second-order valence-electron chi connectivity index (χ2n) is 5.42. The van der Waals surface area contributed by atoms with E-state index in [0.717, 1.165) is 17.7 Å². The molecule has 0 bridgehead atoms. The highest BCUT2D eigenvalue weighted by Crippen LogP contribution is 2.22. The second kappa shape index (κ2) is 9.69. The summed E-state index contributed by atoms with van der Waals surface area (Å²) in [6.45, 7) is 4.46. The Hall–Kier alpha value is -2.53. The molecule has 132 valence electrons. The van der Waals surface area contributed by atoms with Crippen LogP contribution in [0.15, 0.2) is 47.6 Å². The molecular formula is C19H21ClN2O3. The number of ether oxygens (including phenoxy) is 2. The van der Waals surface area contributed by atoms with E-state index in [1.165, 1.54) is 13.1 Å². The molecule has 5 nitrogen and oxygen atoms in total. The molecule has 1 N–H and O–H groups in total. The van der Waals surface area contributed by atoms with Crippen molar-refractivity contribution in [3.8, 4) is 11.5 Å². The van der Waals surface area contributed by atoms with Gasteiger partial charge in [0.1, 0.15) is 11.5 Å². The first kappa shape index (κ1) is 18.8. The van der Waals surface area contributed by atoms with Gasteiger partial charge >= 0.3 is 0 Å². The van der Waals surface area contributed by atoms with E-state index in [-0.39, 0.29) is 5.91 Å². The number of hydrogen-bond acceptors (Lipinski definition) is 4. The summed E-state index contributed by atoms with van der Waals surface area (Å²) in [6, 6.07) is 13.2. The average Bonchev–Trinajstić information content (AvgIpc) is 2.57. The highest BCUT2D eigenvalue weighted by Gasteiger charge is 2.04. The topological polar surface area (TPSA) is 59.9 Å². The highest BCUT2D eigenvalue weighted by atomic mass is 35.5. The van der Waals surface area contributed by atoms with Crippen LogP contribution in [0.2, 0.25) is 5.02 Å². The number of para-hydroxylation sites is 1. The first-order chi connectivity index (χ1) is 12.1. The number of carbonyl (C=O) groups excluding carboxylic acids is 1. The Kier molecular flexibility index (Phi) is 7.29. The summed E-state index contributed by atoms with van der Waals surface area (Å²) in [5.74, 6) is 1.29. The van der Waals surface area contributed by atoms with Crippen molar-refractivity contribution in [1.82, 2.24) is 5.43 Å². The smallest absolute Gasteiger partial charge is 0.236 e. The molecule has 0 saturated carbocycles. The third-order valence-corrected chi connectivity index (χ3v) is 3.53. The van der Waals surface area contributed by atoms with Gasteiger partial charge in [-0.2, -0.15) is 5.10 Å². The van der Waals surface area contributed by atoms with E-state index in [9.17, 15) is 4.79 Å². The van der Waals surface area contributed by atoms with Gasteiger partial charge in [-0.1, -0.05) is 29.8 Å². The number of nitrogens with one attached hydrogen (secondary N) is 1. The minimum Gasteiger partial charge on any atom is -0.493 e. The maximum atomic E-state index is 10.9. The van der Waals surface area contributed by atoms with Gasteiger partial charge in [0, 0.05) is 23.9 Å². The van der Waals surface area contributed by atoms with E-state index < -0.39 is 0 Å². The molecule has 2 aromatic rings. The molecule has 0 spiro atoms. The van der Waals surface area contributed by atoms with Gasteiger partial charge < -0.3 is 9.47 Å². The largest absolute Gasteiger partial charge is 0.493 e. The summed E-state index contributed by atoms with van der Waals surface area (Å²) < 4.78 is 11.5. The predicted molar refractivity (Wildman–Crippen MR) is 99.6 cm³/mol. The van der Waals surface area contributed by atoms with Crippen molar-refractivity contribution in [2.75, 3.05) is 13.2 Å². The van der Waals surface area contributed by atoms with Crippen LogP contribution >= 0.6 is 11.6 Å². The molecule has 1 amide bonds. The number of rotatable bonds is 8. The molecule has 2 rings (SSSR count). The first-order valence-corrected chi connectivity index (χ1v) is 8.34. The number of hydrazone groups is 1. The Morgan fingerprint density at radius 1 is 1.16 bits per heavy atom. The van der Waals surface area contributed by atoms with Crippen LogP contribution in [0, 0.1) is 6.92 Å². The van der Waals surface area contributed by atoms with E-state index in [0.29, 0.717) is 29.5 Å². The predicted octanol–water partition coefficient (Wildman–Crippen LogP) is 3.97. The lowest BCUT2D eigenvalue weighted by Gasteiger charge is -2.11. The molecule has 25 heavy (non-hydrogen) atoms. The van der Waals surface area contributed by atoms with E-state index in [4.69, 9.17) is 21.1 Å². The van der Waals surface area contributed by atoms with Crippen LogP contribution < -0.4 is 14.9 Å². The third kappa shape index (κ3) is 6.47. The molecule has 6 heteroatoms. The molecular weight excluding hydrogens is 340 g/mol. The van der Waals surface area contributed by atoms with Crippen LogP contribution in [0.3, 0.4) is 0 Å². The number of benzene rings is 2. The molecule has 0 saturated heterocycles. The Morgan fingerprint density at radius 3 is 2.60 bits per heavy atom. The highest BCUT2D eigenvalue weighted by molar-refractivity contribution is 6.30. The molecule has 0 aliphatic heterocycles. The molecule has 0 heterocycles. The van der Waals surface area contributed by atoms with Gasteiger partial charge in [-0.3, -0.25) is 4.79 Å². The lowest BCUT2D eigenvalue weighted by Crippen LogP contribution is -2.12. The van der Waals surface area contributed by atoms with Gasteiger partial charge in [-0.15, -0.1) is 0 Å². The fraction of sp³-hybridized carbons (Fsp3) is 0.263. The van der Waals surface area contributed by atoms with Crippen LogP contribution in [0.5, 0.6) is 11.5 Å². The molecule has 0 unspecified atom stereocenters. The van der Waals surface area contributed by atoms with Gasteiger partial charge in [-0.05, 0) is 36.8 Å². The average molecular weight is 361 g/mol. The van der Waals surface area contributed by atoms with Gasteiger partial charge in [0.15, 0.2) is 0 Å². The second-order valence-corrected chi connectivity index (χ2v) is 5.86. The van der Waals surface area contributed by atoms with Crippen molar-refractivity contribution < 1.29 is 14.3 Å². The maximum Gasteiger partial charge on any atom is 0.236 e. The Labute approximate surface area is 152 Å². The van der Waals surface area contributed by atoms with Gasteiger partial charge in [0.2, 0.25) is 5.91 Å². The van der Waals surface area contributed by atoms with Gasteiger partial charge in [0.25, 0.3) is 0 Å². The van der Waals surface area contributed by atoms with E-state index in [1.807, 2.05) is 31.2 Å². The lowest BCUT2D eigenvalue weighted by atomic mass is 10.2. The quantitative estimate of drug-likeness (QED) is 0.440. The fourth-order valence-electron chi connectivity index (χ4n) is 2.09. The minimum atomic E-state index is -0.242. The van der Waals surface area contributed by atoms with Crippen LogP contribution in [-0.4, -0.2) is 25.3 Å². The Bertz CT molecular complexity index is 747. The van der Waals surface area contributed by atoms with Gasteiger partial charge in [0.05, 0.1) is 19.4 Å². The number of hydrogen-bond donors (Lipinski definition) is 1. The van der Waals surface area contributed by atoms with Crippen molar-refractivity contribution in [3.05, 3.63) is 58.6 Å². The van der Waals surface area contributed by atoms with E-state index in [2.05, 4.69) is 10.5 Å². The zero-order valence-corrected chi connectivity index (χ0v) is 15.0. The summed E-state index contributed by atoms with van der Waals surface area (Å²) in [4.78, 5) is 10.9. The zero-order valence-electron chi connectivity index (χ0n) is 14.3. The maximum absolute atomic E-state index is 10.9. The first-order valence-electron chi connectivity index (χ1n) is 7.96. The summed E-state index contributed by atoms with van der Waals surface area (Å²) >= 11 is 6.00. The number of halogens is 1. The van der Waals surface area contributed by atoms with Crippen molar-refractivity contribution in [3.63, 3.8) is 0 Å². The molecule has 0 aliphatic carbocycles. The Balaban J connectivity index is 1.84. The normalized spacial score (nSPS) is 10.7. The number of carbonyl (C=O) groups is 1. The van der Waals surface area contributed by atoms with Crippen LogP contribution in [0.1, 0.15) is 24.5 Å². The number of aryl methyl sites for hydroxylation is 1. The number of nitrogens with zero attached hydrogens (tertiary/aromatic N) is 1. The SMILES string of the molecule is CC(=O)N/N=C/c1cc(Cl)ccc1OCCCOc1ccccc1C. The van der Waals surface area contributed by atoms with Crippen molar-refractivity contribution in [2.45, 2.75) is 20.3 Å². The van der Waals surface area contributed by atoms with E-state index in [1.54, 1.807) is 18.2 Å². The van der Waals surface area contributed by atoms with Crippen molar-refractivity contribution in [2.24, 2.45) is 5.10 Å². The summed E-state index contributed by atoms with van der Waals surface area (Å²) in [7, 11) is 0. The molecule has 0 aliphatic rings. The monoisotopic (exact) mass is 360 g/mol. The van der Waals surface area contributed by atoms with Crippen molar-refractivity contribution >= 4 is 23.7 Å². The van der Waals surface area contributed by atoms with Crippen molar-refractivity contribution in [1.29, 1.82) is 0 Å².